The molecule has 2 atom stereocenters. The van der Waals surface area contributed by atoms with Gasteiger partial charge in [0.2, 0.25) is 5.78 Å². The number of benzene rings is 1. The highest BCUT2D eigenvalue weighted by Crippen LogP contribution is 2.52. The monoisotopic (exact) mass is 452 g/mol. The molecule has 2 unspecified atom stereocenters. The van der Waals surface area contributed by atoms with E-state index in [0.29, 0.717) is 30.9 Å². The van der Waals surface area contributed by atoms with E-state index in [1.54, 1.807) is 18.4 Å². The quantitative estimate of drug-likeness (QED) is 0.452. The second-order valence-electron chi connectivity index (χ2n) is 10.1. The number of fused-ring (bicyclic) bond motifs is 1. The fraction of sp³-hybridized carbons (Fsp3) is 0.367. The van der Waals surface area contributed by atoms with Gasteiger partial charge >= 0.3 is 0 Å². The number of ketones is 3. The first-order valence-corrected chi connectivity index (χ1v) is 12.4. The molecule has 1 fully saturated rings. The Balaban J connectivity index is 1.22. The number of Topliss-reactive ketones (excluding diaryl/α,β-unsaturated/α-hetero) is 3. The Hall–Kier alpha value is -3.27. The van der Waals surface area contributed by atoms with Crippen molar-refractivity contribution in [1.82, 2.24) is 0 Å². The summed E-state index contributed by atoms with van der Waals surface area (Å²) in [6.45, 7) is 0. The summed E-state index contributed by atoms with van der Waals surface area (Å²) in [5, 5.41) is 0. The fourth-order valence-corrected chi connectivity index (χ4v) is 6.12. The van der Waals surface area contributed by atoms with Crippen molar-refractivity contribution in [3.8, 4) is 0 Å². The van der Waals surface area contributed by atoms with Crippen LogP contribution in [0.2, 0.25) is 0 Å². The first-order chi connectivity index (χ1) is 16.6. The molecule has 1 aromatic heterocycles. The van der Waals surface area contributed by atoms with E-state index < -0.39 is 0 Å². The van der Waals surface area contributed by atoms with Crippen molar-refractivity contribution in [2.75, 3.05) is 0 Å². The molecule has 4 nitrogen and oxygen atoms in total. The minimum Gasteiger partial charge on any atom is -0.461 e. The number of carbonyl (C=O) groups is 3. The van der Waals surface area contributed by atoms with Gasteiger partial charge in [-0.1, -0.05) is 47.6 Å². The summed E-state index contributed by atoms with van der Waals surface area (Å²) in [6, 6.07) is 12.9. The summed E-state index contributed by atoms with van der Waals surface area (Å²) in [5.74, 6) is 1.17. The van der Waals surface area contributed by atoms with E-state index in [9.17, 15) is 14.4 Å². The molecule has 1 heterocycles. The molecule has 4 aliphatic carbocycles. The van der Waals surface area contributed by atoms with Gasteiger partial charge in [0.05, 0.1) is 6.26 Å². The zero-order chi connectivity index (χ0) is 23.2. The van der Waals surface area contributed by atoms with E-state index in [1.807, 2.05) is 30.3 Å². The van der Waals surface area contributed by atoms with Crippen molar-refractivity contribution in [3.63, 3.8) is 0 Å². The van der Waals surface area contributed by atoms with Crippen molar-refractivity contribution in [1.29, 1.82) is 0 Å². The zero-order valence-electron chi connectivity index (χ0n) is 19.2. The summed E-state index contributed by atoms with van der Waals surface area (Å²) >= 11 is 0. The Kier molecular flexibility index (Phi) is 5.32. The third-order valence-corrected chi connectivity index (χ3v) is 7.94. The summed E-state index contributed by atoms with van der Waals surface area (Å²) in [4.78, 5) is 39.3. The standard InChI is InChI=1S/C30H28O4/c31-25(18-5-2-1-3-6-18)13-11-20-15-23-17-22-16-21(29(32)26-7-4-14-34-26)10-12-24(22)28(23)30(33)27(20)19-8-9-19/h1-7,14-15,19,21,27H,8-13,16-17H2. The molecule has 0 spiro atoms. The largest absolute Gasteiger partial charge is 0.461 e. The van der Waals surface area contributed by atoms with Crippen LogP contribution >= 0.6 is 0 Å². The lowest BCUT2D eigenvalue weighted by Crippen LogP contribution is -2.26. The molecular weight excluding hydrogens is 424 g/mol. The predicted molar refractivity (Wildman–Crippen MR) is 128 cm³/mol. The van der Waals surface area contributed by atoms with Crippen LogP contribution in [0, 0.1) is 17.8 Å². The minimum absolute atomic E-state index is 0.0688. The first kappa shape index (κ1) is 21.3. The van der Waals surface area contributed by atoms with E-state index in [-0.39, 0.29) is 29.2 Å². The molecule has 0 aliphatic heterocycles. The van der Waals surface area contributed by atoms with Crippen LogP contribution in [0.3, 0.4) is 0 Å². The van der Waals surface area contributed by atoms with E-state index in [0.717, 1.165) is 54.4 Å². The highest BCUT2D eigenvalue weighted by molar-refractivity contribution is 6.07. The highest BCUT2D eigenvalue weighted by Gasteiger charge is 2.45. The Labute approximate surface area is 199 Å². The summed E-state index contributed by atoms with van der Waals surface area (Å²) in [6.07, 6.45) is 10.0. The van der Waals surface area contributed by atoms with Gasteiger partial charge in [0.25, 0.3) is 0 Å². The molecule has 2 aromatic rings. The average Bonchev–Trinajstić information content (AvgIpc) is 3.40. The Bertz CT molecular complexity index is 1250. The second kappa shape index (κ2) is 8.50. The number of hydrogen-bond donors (Lipinski definition) is 0. The van der Waals surface area contributed by atoms with Crippen LogP contribution in [0.1, 0.15) is 72.3 Å². The molecule has 4 aliphatic rings. The lowest BCUT2D eigenvalue weighted by molar-refractivity contribution is -0.118. The maximum atomic E-state index is 13.8. The Morgan fingerprint density at radius 2 is 1.82 bits per heavy atom. The summed E-state index contributed by atoms with van der Waals surface area (Å²) in [5.41, 5.74) is 6.37. The van der Waals surface area contributed by atoms with Crippen LogP contribution in [-0.2, 0) is 4.79 Å². The molecule has 0 N–H and O–H groups in total. The third-order valence-electron chi connectivity index (χ3n) is 7.94. The van der Waals surface area contributed by atoms with Gasteiger partial charge in [-0.2, -0.15) is 0 Å². The number of furan rings is 1. The second-order valence-corrected chi connectivity index (χ2v) is 10.1. The molecule has 1 aromatic carbocycles. The molecule has 1 saturated carbocycles. The van der Waals surface area contributed by atoms with Crippen LogP contribution in [0.25, 0.3) is 0 Å². The van der Waals surface area contributed by atoms with E-state index in [1.165, 1.54) is 11.1 Å². The van der Waals surface area contributed by atoms with Crippen molar-refractivity contribution in [2.24, 2.45) is 17.8 Å². The Morgan fingerprint density at radius 3 is 2.56 bits per heavy atom. The van der Waals surface area contributed by atoms with Gasteiger partial charge in [0, 0.05) is 29.4 Å². The molecule has 34 heavy (non-hydrogen) atoms. The maximum absolute atomic E-state index is 13.8. The minimum atomic E-state index is -0.0764. The van der Waals surface area contributed by atoms with Crippen molar-refractivity contribution >= 4 is 17.3 Å². The molecule has 0 amide bonds. The number of rotatable bonds is 7. The van der Waals surface area contributed by atoms with Gasteiger partial charge in [-0.05, 0) is 74.1 Å². The smallest absolute Gasteiger partial charge is 0.201 e. The normalized spacial score (nSPS) is 24.1. The van der Waals surface area contributed by atoms with Gasteiger partial charge in [-0.3, -0.25) is 14.4 Å². The molecule has 4 heteroatoms. The molecule has 172 valence electrons. The lowest BCUT2D eigenvalue weighted by Gasteiger charge is -2.27. The first-order valence-electron chi connectivity index (χ1n) is 12.4. The summed E-state index contributed by atoms with van der Waals surface area (Å²) < 4.78 is 5.34. The average molecular weight is 453 g/mol. The fourth-order valence-electron chi connectivity index (χ4n) is 6.12. The molecule has 6 rings (SSSR count). The van der Waals surface area contributed by atoms with Crippen LogP contribution in [0.5, 0.6) is 0 Å². The molecule has 0 radical (unpaired) electrons. The maximum Gasteiger partial charge on any atom is 0.201 e. The number of hydrogen-bond acceptors (Lipinski definition) is 4. The van der Waals surface area contributed by atoms with E-state index >= 15 is 0 Å². The number of allylic oxidation sites excluding steroid dienone is 6. The zero-order valence-corrected chi connectivity index (χ0v) is 19.2. The van der Waals surface area contributed by atoms with Crippen LogP contribution < -0.4 is 0 Å². The number of carbonyl (C=O) groups excluding carboxylic acids is 3. The predicted octanol–water partition coefficient (Wildman–Crippen LogP) is 6.46. The summed E-state index contributed by atoms with van der Waals surface area (Å²) in [7, 11) is 0. The lowest BCUT2D eigenvalue weighted by atomic mass is 9.75. The van der Waals surface area contributed by atoms with Crippen molar-refractivity contribution in [2.45, 2.75) is 51.4 Å². The molecule has 0 bridgehead atoms. The third kappa shape index (κ3) is 3.75. The van der Waals surface area contributed by atoms with Gasteiger partial charge in [-0.25, -0.2) is 0 Å². The topological polar surface area (TPSA) is 64.3 Å². The Morgan fingerprint density at radius 1 is 1.00 bits per heavy atom. The van der Waals surface area contributed by atoms with E-state index in [4.69, 9.17) is 4.42 Å². The molecule has 0 saturated heterocycles. The SMILES string of the molecule is O=C(CCC1=CC2=C(C(=O)C1C1CC1)C1=C(C2)CC(C(=O)c2ccco2)CC1)c1ccccc1. The van der Waals surface area contributed by atoms with Crippen LogP contribution in [0.4, 0.5) is 0 Å². The van der Waals surface area contributed by atoms with Gasteiger partial charge in [-0.15, -0.1) is 0 Å². The molecular formula is C30H28O4. The van der Waals surface area contributed by atoms with Crippen LogP contribution in [-0.4, -0.2) is 17.3 Å². The van der Waals surface area contributed by atoms with E-state index in [2.05, 4.69) is 6.08 Å². The highest BCUT2D eigenvalue weighted by atomic mass is 16.3. The van der Waals surface area contributed by atoms with Crippen LogP contribution in [0.15, 0.2) is 87.1 Å². The van der Waals surface area contributed by atoms with Gasteiger partial charge in [0.1, 0.15) is 0 Å². The van der Waals surface area contributed by atoms with Gasteiger partial charge in [0.15, 0.2) is 17.3 Å². The van der Waals surface area contributed by atoms with Gasteiger partial charge < -0.3 is 4.42 Å². The van der Waals surface area contributed by atoms with Crippen molar-refractivity contribution in [3.05, 3.63) is 94.0 Å². The van der Waals surface area contributed by atoms with Crippen molar-refractivity contribution < 1.29 is 18.8 Å².